The van der Waals surface area contributed by atoms with Gasteiger partial charge in [0, 0.05) is 18.2 Å². The second kappa shape index (κ2) is 8.31. The molecule has 0 bridgehead atoms. The van der Waals surface area contributed by atoms with Crippen LogP contribution in [0.2, 0.25) is 0 Å². The van der Waals surface area contributed by atoms with Gasteiger partial charge in [0.05, 0.1) is 12.1 Å². The zero-order valence-electron chi connectivity index (χ0n) is 17.5. The highest BCUT2D eigenvalue weighted by Crippen LogP contribution is 2.43. The third kappa shape index (κ3) is 4.47. The van der Waals surface area contributed by atoms with Gasteiger partial charge < -0.3 is 15.7 Å². The van der Waals surface area contributed by atoms with E-state index < -0.39 is 30.3 Å². The van der Waals surface area contributed by atoms with Crippen molar-refractivity contribution in [2.75, 3.05) is 10.6 Å². The number of carbonyl (C=O) groups is 1. The first-order valence-corrected chi connectivity index (χ1v) is 10.2. The Morgan fingerprint density at radius 1 is 1.22 bits per heavy atom. The van der Waals surface area contributed by atoms with Crippen molar-refractivity contribution < 1.29 is 23.1 Å². The Morgan fingerprint density at radius 2 is 1.94 bits per heavy atom. The summed E-state index contributed by atoms with van der Waals surface area (Å²) < 4.78 is 42.4. The maximum atomic E-state index is 13.8. The van der Waals surface area contributed by atoms with Crippen LogP contribution >= 0.6 is 0 Å². The Hall–Kier alpha value is -3.33. The number of nitrogens with one attached hydrogen (secondary N) is 2. The SMILES string of the molecule is Cc1ccc([C@@H]2C[C@H](C(F)(F)F)n3nc(C(=O)Nc4cccc([C@@H](C)O)c4)cc3N2)cc1. The predicted octanol–water partition coefficient (Wildman–Crippen LogP) is 5.16. The fourth-order valence-corrected chi connectivity index (χ4v) is 3.77. The zero-order chi connectivity index (χ0) is 23.0. The van der Waals surface area contributed by atoms with Crippen molar-refractivity contribution in [3.8, 4) is 0 Å². The Bertz CT molecular complexity index is 1120. The maximum Gasteiger partial charge on any atom is 0.410 e. The van der Waals surface area contributed by atoms with Crippen molar-refractivity contribution in [3.05, 3.63) is 77.0 Å². The maximum absolute atomic E-state index is 13.8. The lowest BCUT2D eigenvalue weighted by atomic mass is 9.96. The Balaban J connectivity index is 1.62. The van der Waals surface area contributed by atoms with E-state index in [2.05, 4.69) is 15.7 Å². The number of aromatic nitrogens is 2. The molecule has 3 atom stereocenters. The lowest BCUT2D eigenvalue weighted by Crippen LogP contribution is -2.35. The van der Waals surface area contributed by atoms with Crippen LogP contribution in [-0.2, 0) is 0 Å². The van der Waals surface area contributed by atoms with Crippen molar-refractivity contribution in [2.24, 2.45) is 0 Å². The molecule has 6 nitrogen and oxygen atoms in total. The first-order chi connectivity index (χ1) is 15.1. The van der Waals surface area contributed by atoms with Crippen molar-refractivity contribution in [3.63, 3.8) is 0 Å². The molecule has 0 radical (unpaired) electrons. The van der Waals surface area contributed by atoms with Crippen LogP contribution in [0.4, 0.5) is 24.7 Å². The number of hydrogen-bond acceptors (Lipinski definition) is 4. The van der Waals surface area contributed by atoms with Gasteiger partial charge in [-0.3, -0.25) is 4.79 Å². The molecule has 0 saturated heterocycles. The standard InChI is InChI=1S/C23H23F3N4O2/c1-13-6-8-15(9-7-13)18-11-20(23(24,25)26)30-21(28-18)12-19(29-30)22(32)27-17-5-3-4-16(10-17)14(2)31/h3-10,12,14,18,20,28,31H,11H2,1-2H3,(H,27,32)/t14-,18+,20-/m1/s1. The second-order valence-electron chi connectivity index (χ2n) is 8.02. The molecular formula is C23H23F3N4O2. The lowest BCUT2D eigenvalue weighted by molar-refractivity contribution is -0.173. The van der Waals surface area contributed by atoms with Crippen LogP contribution in [0.5, 0.6) is 0 Å². The third-order valence-corrected chi connectivity index (χ3v) is 5.53. The van der Waals surface area contributed by atoms with E-state index in [-0.39, 0.29) is 17.9 Å². The first-order valence-electron chi connectivity index (χ1n) is 10.2. The smallest absolute Gasteiger partial charge is 0.389 e. The minimum absolute atomic E-state index is 0.131. The molecule has 2 heterocycles. The van der Waals surface area contributed by atoms with Gasteiger partial charge in [0.15, 0.2) is 11.7 Å². The Morgan fingerprint density at radius 3 is 2.59 bits per heavy atom. The summed E-state index contributed by atoms with van der Waals surface area (Å²) in [6.45, 7) is 3.51. The van der Waals surface area contributed by atoms with E-state index in [1.165, 1.54) is 6.07 Å². The first kappa shape index (κ1) is 21.9. The van der Waals surface area contributed by atoms with Gasteiger partial charge in [-0.1, -0.05) is 42.0 Å². The highest BCUT2D eigenvalue weighted by atomic mass is 19.4. The fourth-order valence-electron chi connectivity index (χ4n) is 3.77. The number of alkyl halides is 3. The molecule has 1 aromatic heterocycles. The summed E-state index contributed by atoms with van der Waals surface area (Å²) in [5.41, 5.74) is 2.64. The van der Waals surface area contributed by atoms with Crippen molar-refractivity contribution in [1.82, 2.24) is 9.78 Å². The molecule has 0 saturated carbocycles. The minimum Gasteiger partial charge on any atom is -0.389 e. The monoisotopic (exact) mass is 444 g/mol. The summed E-state index contributed by atoms with van der Waals surface area (Å²) >= 11 is 0. The number of benzene rings is 2. The van der Waals surface area contributed by atoms with Crippen LogP contribution in [0.15, 0.2) is 54.6 Å². The zero-order valence-corrected chi connectivity index (χ0v) is 17.5. The fraction of sp³-hybridized carbons (Fsp3) is 0.304. The molecule has 0 unspecified atom stereocenters. The van der Waals surface area contributed by atoms with Gasteiger partial charge in [0.1, 0.15) is 5.82 Å². The molecule has 9 heteroatoms. The minimum atomic E-state index is -4.52. The van der Waals surface area contributed by atoms with Gasteiger partial charge in [-0.25, -0.2) is 4.68 Å². The molecule has 0 spiro atoms. The lowest BCUT2D eigenvalue weighted by Gasteiger charge is -2.33. The van der Waals surface area contributed by atoms with Gasteiger partial charge in [-0.2, -0.15) is 18.3 Å². The number of amides is 1. The normalized spacial score (nSPS) is 19.1. The van der Waals surface area contributed by atoms with Crippen molar-refractivity contribution in [1.29, 1.82) is 0 Å². The van der Waals surface area contributed by atoms with Crippen molar-refractivity contribution in [2.45, 2.75) is 44.6 Å². The van der Waals surface area contributed by atoms with Gasteiger partial charge in [-0.15, -0.1) is 0 Å². The molecule has 0 fully saturated rings. The molecule has 1 aliphatic heterocycles. The molecule has 168 valence electrons. The summed E-state index contributed by atoms with van der Waals surface area (Å²) in [7, 11) is 0. The van der Waals surface area contributed by atoms with Crippen LogP contribution in [0, 0.1) is 6.92 Å². The van der Waals surface area contributed by atoms with Crippen LogP contribution in [-0.4, -0.2) is 27.0 Å². The number of aliphatic hydroxyl groups is 1. The highest BCUT2D eigenvalue weighted by Gasteiger charge is 2.46. The molecule has 3 aromatic rings. The van der Waals surface area contributed by atoms with Gasteiger partial charge in [0.2, 0.25) is 0 Å². The molecular weight excluding hydrogens is 421 g/mol. The van der Waals surface area contributed by atoms with Crippen molar-refractivity contribution >= 4 is 17.4 Å². The number of halogens is 3. The number of aryl methyl sites for hydroxylation is 1. The van der Waals surface area contributed by atoms with Gasteiger partial charge >= 0.3 is 6.18 Å². The molecule has 1 amide bonds. The average Bonchev–Trinajstić information content (AvgIpc) is 3.17. The molecule has 2 aromatic carbocycles. The van der Waals surface area contributed by atoms with Crippen LogP contribution < -0.4 is 10.6 Å². The molecule has 1 aliphatic rings. The summed E-state index contributed by atoms with van der Waals surface area (Å²) in [5, 5.41) is 19.4. The molecule has 32 heavy (non-hydrogen) atoms. The number of nitrogens with zero attached hydrogens (tertiary/aromatic N) is 2. The summed E-state index contributed by atoms with van der Waals surface area (Å²) in [5.74, 6) is -0.503. The molecule has 0 aliphatic carbocycles. The largest absolute Gasteiger partial charge is 0.410 e. The van der Waals surface area contributed by atoms with E-state index >= 15 is 0 Å². The van der Waals surface area contributed by atoms with Crippen LogP contribution in [0.1, 0.15) is 58.7 Å². The quantitative estimate of drug-likeness (QED) is 0.520. The number of hydrogen-bond donors (Lipinski definition) is 3. The van der Waals surface area contributed by atoms with Crippen LogP contribution in [0.3, 0.4) is 0 Å². The average molecular weight is 444 g/mol. The predicted molar refractivity (Wildman–Crippen MR) is 115 cm³/mol. The summed E-state index contributed by atoms with van der Waals surface area (Å²) in [6, 6.07) is 12.8. The van der Waals surface area contributed by atoms with E-state index in [1.54, 1.807) is 43.3 Å². The number of anilines is 2. The van der Waals surface area contributed by atoms with E-state index in [0.717, 1.165) is 15.8 Å². The van der Waals surface area contributed by atoms with Gasteiger partial charge in [0.25, 0.3) is 5.91 Å². The van der Waals surface area contributed by atoms with E-state index in [0.29, 0.717) is 11.3 Å². The number of aliphatic hydroxyl groups excluding tert-OH is 1. The summed E-state index contributed by atoms with van der Waals surface area (Å²) in [4.78, 5) is 12.7. The Labute approximate surface area is 183 Å². The molecule has 3 N–H and O–H groups in total. The molecule has 4 rings (SSSR count). The van der Waals surface area contributed by atoms with Gasteiger partial charge in [-0.05, 0) is 37.1 Å². The number of fused-ring (bicyclic) bond motifs is 1. The number of carbonyl (C=O) groups excluding carboxylic acids is 1. The second-order valence-corrected chi connectivity index (χ2v) is 8.02. The van der Waals surface area contributed by atoms with E-state index in [1.807, 2.05) is 19.1 Å². The Kier molecular flexibility index (Phi) is 5.68. The third-order valence-electron chi connectivity index (χ3n) is 5.53. The highest BCUT2D eigenvalue weighted by molar-refractivity contribution is 6.03. The van der Waals surface area contributed by atoms with E-state index in [9.17, 15) is 23.1 Å². The summed E-state index contributed by atoms with van der Waals surface area (Å²) in [6.07, 6.45) is -5.48. The number of rotatable bonds is 4. The van der Waals surface area contributed by atoms with Crippen LogP contribution in [0.25, 0.3) is 0 Å². The topological polar surface area (TPSA) is 79.2 Å². The van der Waals surface area contributed by atoms with E-state index in [4.69, 9.17) is 0 Å².